The minimum Gasteiger partial charge on any atom is -0.487 e. The lowest BCUT2D eigenvalue weighted by molar-refractivity contribution is 0.0697. The van der Waals surface area contributed by atoms with Gasteiger partial charge in [0.1, 0.15) is 24.1 Å². The van der Waals surface area contributed by atoms with Crippen molar-refractivity contribution in [1.29, 1.82) is 5.26 Å². The van der Waals surface area contributed by atoms with Gasteiger partial charge in [-0.15, -0.1) is 0 Å². The fourth-order valence-electron chi connectivity index (χ4n) is 1.54. The number of carbonyl (C=O) groups is 1. The number of benzene rings is 1. The molecule has 0 aliphatic carbocycles. The van der Waals surface area contributed by atoms with Gasteiger partial charge in [-0.05, 0) is 35.9 Å². The van der Waals surface area contributed by atoms with Crippen LogP contribution in [0.1, 0.15) is 21.6 Å². The molecule has 0 aliphatic heterocycles. The zero-order valence-corrected chi connectivity index (χ0v) is 11.0. The largest absolute Gasteiger partial charge is 0.487 e. The second-order valence-corrected chi connectivity index (χ2v) is 4.31. The van der Waals surface area contributed by atoms with Gasteiger partial charge in [-0.2, -0.15) is 5.26 Å². The smallest absolute Gasteiger partial charge is 0.335 e. The van der Waals surface area contributed by atoms with Crippen LogP contribution < -0.4 is 4.74 Å². The van der Waals surface area contributed by atoms with Crippen LogP contribution in [0.4, 0.5) is 0 Å². The predicted octanol–water partition coefficient (Wildman–Crippen LogP) is 2.88. The van der Waals surface area contributed by atoms with Crippen molar-refractivity contribution < 1.29 is 14.6 Å². The third kappa shape index (κ3) is 3.25. The minimum absolute atomic E-state index is 0.0954. The van der Waals surface area contributed by atoms with Crippen LogP contribution in [0.15, 0.2) is 36.5 Å². The van der Waals surface area contributed by atoms with Crippen molar-refractivity contribution in [1.82, 2.24) is 4.98 Å². The van der Waals surface area contributed by atoms with E-state index in [1.807, 2.05) is 6.07 Å². The molecule has 2 rings (SSSR count). The second kappa shape index (κ2) is 6.04. The summed E-state index contributed by atoms with van der Waals surface area (Å²) in [5, 5.41) is 17.8. The van der Waals surface area contributed by atoms with Gasteiger partial charge in [0.25, 0.3) is 0 Å². The molecular weight excluding hydrogens is 280 g/mol. The number of pyridine rings is 1. The van der Waals surface area contributed by atoms with Gasteiger partial charge in [0.05, 0.1) is 10.6 Å². The molecular formula is C14H9ClN2O3. The number of carboxylic acid groups (broad SMARTS) is 1. The predicted molar refractivity (Wildman–Crippen MR) is 71.7 cm³/mol. The fourth-order valence-corrected chi connectivity index (χ4v) is 1.77. The highest BCUT2D eigenvalue weighted by molar-refractivity contribution is 6.32. The Morgan fingerprint density at radius 1 is 1.40 bits per heavy atom. The molecule has 1 heterocycles. The maximum Gasteiger partial charge on any atom is 0.335 e. The molecule has 0 saturated heterocycles. The first-order chi connectivity index (χ1) is 9.60. The Morgan fingerprint density at radius 3 is 2.85 bits per heavy atom. The molecule has 0 atom stereocenters. The lowest BCUT2D eigenvalue weighted by Gasteiger charge is -2.08. The minimum atomic E-state index is -1.05. The van der Waals surface area contributed by atoms with E-state index in [2.05, 4.69) is 4.98 Å². The Bertz CT molecular complexity index is 695. The number of nitriles is 1. The van der Waals surface area contributed by atoms with E-state index < -0.39 is 5.97 Å². The normalized spacial score (nSPS) is 9.80. The summed E-state index contributed by atoms with van der Waals surface area (Å²) >= 11 is 5.95. The monoisotopic (exact) mass is 288 g/mol. The number of aromatic nitrogens is 1. The summed E-state index contributed by atoms with van der Waals surface area (Å²) < 4.78 is 5.50. The first-order valence-corrected chi connectivity index (χ1v) is 5.98. The number of nitrogens with zero attached hydrogens (tertiary/aromatic N) is 2. The molecule has 1 aromatic heterocycles. The van der Waals surface area contributed by atoms with Crippen LogP contribution in [0.3, 0.4) is 0 Å². The standard InChI is InChI=1S/C14H9ClN2O3/c15-12-6-10(14(18)19)1-2-13(12)20-8-9-3-4-17-11(5-9)7-16/h1-6H,8H2,(H,18,19). The van der Waals surface area contributed by atoms with E-state index in [4.69, 9.17) is 26.7 Å². The van der Waals surface area contributed by atoms with Crippen molar-refractivity contribution in [2.75, 3.05) is 0 Å². The average Bonchev–Trinajstić information content (AvgIpc) is 2.46. The van der Waals surface area contributed by atoms with E-state index in [1.54, 1.807) is 12.1 Å². The van der Waals surface area contributed by atoms with Crippen LogP contribution in [-0.2, 0) is 6.61 Å². The van der Waals surface area contributed by atoms with Crippen LogP contribution >= 0.6 is 11.6 Å². The molecule has 1 aromatic carbocycles. The Morgan fingerprint density at radius 2 is 2.20 bits per heavy atom. The second-order valence-electron chi connectivity index (χ2n) is 3.90. The van der Waals surface area contributed by atoms with E-state index in [1.165, 1.54) is 24.4 Å². The van der Waals surface area contributed by atoms with Gasteiger partial charge in [0, 0.05) is 6.20 Å². The molecule has 0 unspecified atom stereocenters. The third-order valence-corrected chi connectivity index (χ3v) is 2.81. The molecule has 5 nitrogen and oxygen atoms in total. The van der Waals surface area contributed by atoms with Crippen molar-refractivity contribution in [2.24, 2.45) is 0 Å². The lowest BCUT2D eigenvalue weighted by Crippen LogP contribution is -1.99. The van der Waals surface area contributed by atoms with Crippen molar-refractivity contribution in [2.45, 2.75) is 6.61 Å². The van der Waals surface area contributed by atoms with Gasteiger partial charge >= 0.3 is 5.97 Å². The van der Waals surface area contributed by atoms with Gasteiger partial charge < -0.3 is 9.84 Å². The Hall–Kier alpha value is -2.58. The third-order valence-electron chi connectivity index (χ3n) is 2.51. The number of hydrogen-bond donors (Lipinski definition) is 1. The molecule has 0 amide bonds. The van der Waals surface area contributed by atoms with E-state index in [-0.39, 0.29) is 17.2 Å². The van der Waals surface area contributed by atoms with Crippen LogP contribution in [0, 0.1) is 11.3 Å². The highest BCUT2D eigenvalue weighted by Crippen LogP contribution is 2.26. The molecule has 0 aliphatic rings. The van der Waals surface area contributed by atoms with E-state index in [0.717, 1.165) is 5.56 Å². The average molecular weight is 289 g/mol. The molecule has 0 saturated carbocycles. The molecule has 20 heavy (non-hydrogen) atoms. The van der Waals surface area contributed by atoms with E-state index in [0.29, 0.717) is 11.4 Å². The maximum absolute atomic E-state index is 10.8. The number of aromatic carboxylic acids is 1. The first kappa shape index (κ1) is 13.8. The summed E-state index contributed by atoms with van der Waals surface area (Å²) in [5.41, 5.74) is 1.17. The van der Waals surface area contributed by atoms with Crippen molar-refractivity contribution in [3.8, 4) is 11.8 Å². The Balaban J connectivity index is 2.11. The molecule has 0 bridgehead atoms. The topological polar surface area (TPSA) is 83.2 Å². The highest BCUT2D eigenvalue weighted by atomic mass is 35.5. The van der Waals surface area contributed by atoms with Crippen LogP contribution in [0.2, 0.25) is 5.02 Å². The lowest BCUT2D eigenvalue weighted by atomic mass is 10.2. The molecule has 0 radical (unpaired) electrons. The highest BCUT2D eigenvalue weighted by Gasteiger charge is 2.08. The maximum atomic E-state index is 10.8. The summed E-state index contributed by atoms with van der Waals surface area (Å²) in [6.07, 6.45) is 1.52. The number of rotatable bonds is 4. The van der Waals surface area contributed by atoms with Crippen LogP contribution in [0.25, 0.3) is 0 Å². The van der Waals surface area contributed by atoms with Gasteiger partial charge in [-0.3, -0.25) is 0 Å². The molecule has 0 spiro atoms. The van der Waals surface area contributed by atoms with Gasteiger partial charge in [-0.25, -0.2) is 9.78 Å². The summed E-state index contributed by atoms with van der Waals surface area (Å²) in [5.74, 6) is -0.668. The molecule has 100 valence electrons. The van der Waals surface area contributed by atoms with Crippen LogP contribution in [-0.4, -0.2) is 16.1 Å². The van der Waals surface area contributed by atoms with Crippen molar-refractivity contribution in [3.05, 3.63) is 58.4 Å². The zero-order valence-electron chi connectivity index (χ0n) is 10.2. The summed E-state index contributed by atoms with van der Waals surface area (Å²) in [6, 6.07) is 9.51. The first-order valence-electron chi connectivity index (χ1n) is 5.61. The molecule has 2 aromatic rings. The summed E-state index contributed by atoms with van der Waals surface area (Å²) in [7, 11) is 0. The van der Waals surface area contributed by atoms with Gasteiger partial charge in [0.2, 0.25) is 0 Å². The fraction of sp³-hybridized carbons (Fsp3) is 0.0714. The number of hydrogen-bond acceptors (Lipinski definition) is 4. The molecule has 1 N–H and O–H groups in total. The number of halogens is 1. The SMILES string of the molecule is N#Cc1cc(COc2ccc(C(=O)O)cc2Cl)ccn1. The van der Waals surface area contributed by atoms with Gasteiger partial charge in [-0.1, -0.05) is 11.6 Å². The number of carboxylic acids is 1. The Labute approximate surface area is 120 Å². The van der Waals surface area contributed by atoms with E-state index >= 15 is 0 Å². The molecule has 0 fully saturated rings. The quantitative estimate of drug-likeness (QED) is 0.935. The van der Waals surface area contributed by atoms with Crippen LogP contribution in [0.5, 0.6) is 5.75 Å². The number of ether oxygens (including phenoxy) is 1. The van der Waals surface area contributed by atoms with Gasteiger partial charge in [0.15, 0.2) is 0 Å². The van der Waals surface area contributed by atoms with Crippen molar-refractivity contribution >= 4 is 17.6 Å². The Kier molecular flexibility index (Phi) is 4.18. The summed E-state index contributed by atoms with van der Waals surface area (Å²) in [6.45, 7) is 0.212. The zero-order chi connectivity index (χ0) is 14.5. The summed E-state index contributed by atoms with van der Waals surface area (Å²) in [4.78, 5) is 14.6. The van der Waals surface area contributed by atoms with E-state index in [9.17, 15) is 4.79 Å². The molecule has 6 heteroatoms. The van der Waals surface area contributed by atoms with Crippen molar-refractivity contribution in [3.63, 3.8) is 0 Å².